The van der Waals surface area contributed by atoms with E-state index >= 15 is 0 Å². The third-order valence-corrected chi connectivity index (χ3v) is 5.37. The van der Waals surface area contributed by atoms with Crippen molar-refractivity contribution >= 4 is 20.9 Å². The first kappa shape index (κ1) is 19.2. The average molecular weight is 385 g/mol. The van der Waals surface area contributed by atoms with Crippen LogP contribution in [0.15, 0.2) is 65.6 Å². The summed E-state index contributed by atoms with van der Waals surface area (Å²) in [7, 11) is 0.107. The van der Waals surface area contributed by atoms with Gasteiger partial charge >= 0.3 is 10.1 Å². The van der Waals surface area contributed by atoms with Crippen molar-refractivity contribution in [2.24, 2.45) is 0 Å². The highest BCUT2D eigenvalue weighted by Crippen LogP contribution is 2.27. The number of benzene rings is 3. The zero-order valence-electron chi connectivity index (χ0n) is 15.7. The van der Waals surface area contributed by atoms with Gasteiger partial charge in [-0.1, -0.05) is 29.8 Å². The van der Waals surface area contributed by atoms with E-state index in [0.717, 1.165) is 28.6 Å². The van der Waals surface area contributed by atoms with Gasteiger partial charge in [-0.05, 0) is 68.2 Å². The van der Waals surface area contributed by atoms with Gasteiger partial charge in [-0.2, -0.15) is 8.42 Å². The lowest BCUT2D eigenvalue weighted by Gasteiger charge is -2.12. The first-order valence-electron chi connectivity index (χ1n) is 8.66. The van der Waals surface area contributed by atoms with Crippen molar-refractivity contribution in [3.8, 4) is 11.5 Å². The zero-order chi connectivity index (χ0) is 19.4. The van der Waals surface area contributed by atoms with Gasteiger partial charge < -0.3 is 13.8 Å². The van der Waals surface area contributed by atoms with E-state index in [-0.39, 0.29) is 10.6 Å². The molecule has 0 aliphatic carbocycles. The van der Waals surface area contributed by atoms with E-state index in [1.807, 2.05) is 50.2 Å². The van der Waals surface area contributed by atoms with Crippen LogP contribution in [0.1, 0.15) is 5.56 Å². The van der Waals surface area contributed by atoms with E-state index < -0.39 is 10.1 Å². The Hall–Kier alpha value is -2.57. The van der Waals surface area contributed by atoms with Crippen molar-refractivity contribution in [1.82, 2.24) is 4.90 Å². The normalized spacial score (nSPS) is 11.7. The Morgan fingerprint density at radius 1 is 0.852 bits per heavy atom. The van der Waals surface area contributed by atoms with E-state index in [1.54, 1.807) is 36.4 Å². The van der Waals surface area contributed by atoms with Crippen LogP contribution in [-0.4, -0.2) is 40.6 Å². The van der Waals surface area contributed by atoms with Crippen molar-refractivity contribution in [1.29, 1.82) is 0 Å². The molecular formula is C21H23NO4S. The van der Waals surface area contributed by atoms with Crippen LogP contribution in [-0.2, 0) is 10.1 Å². The number of nitrogens with zero attached hydrogens (tertiary/aromatic N) is 1. The Balaban J connectivity index is 1.81. The van der Waals surface area contributed by atoms with Gasteiger partial charge in [0.2, 0.25) is 0 Å². The van der Waals surface area contributed by atoms with E-state index in [1.165, 1.54) is 0 Å². The number of fused-ring (bicyclic) bond motifs is 1. The summed E-state index contributed by atoms with van der Waals surface area (Å²) in [6, 6.07) is 17.5. The first-order valence-corrected chi connectivity index (χ1v) is 10.1. The van der Waals surface area contributed by atoms with Gasteiger partial charge in [-0.15, -0.1) is 0 Å². The molecule has 0 aliphatic heterocycles. The molecule has 0 radical (unpaired) electrons. The molecule has 0 atom stereocenters. The van der Waals surface area contributed by atoms with Crippen molar-refractivity contribution in [3.05, 3.63) is 66.2 Å². The molecule has 0 bridgehead atoms. The van der Waals surface area contributed by atoms with Crippen molar-refractivity contribution in [2.45, 2.75) is 11.8 Å². The van der Waals surface area contributed by atoms with Gasteiger partial charge in [0.05, 0.1) is 0 Å². The molecule has 3 aromatic rings. The van der Waals surface area contributed by atoms with E-state index in [2.05, 4.69) is 0 Å². The summed E-state index contributed by atoms with van der Waals surface area (Å²) in [5.74, 6) is 1.01. The second-order valence-corrected chi connectivity index (χ2v) is 8.22. The van der Waals surface area contributed by atoms with Crippen molar-refractivity contribution in [2.75, 3.05) is 27.2 Å². The summed E-state index contributed by atoms with van der Waals surface area (Å²) >= 11 is 0. The fourth-order valence-electron chi connectivity index (χ4n) is 2.57. The molecule has 27 heavy (non-hydrogen) atoms. The second kappa shape index (κ2) is 7.98. The molecule has 0 spiro atoms. The van der Waals surface area contributed by atoms with Crippen molar-refractivity contribution < 1.29 is 17.3 Å². The second-order valence-electron chi connectivity index (χ2n) is 6.67. The van der Waals surface area contributed by atoms with Crippen LogP contribution in [0.25, 0.3) is 10.8 Å². The lowest BCUT2D eigenvalue weighted by molar-refractivity contribution is 0.261. The molecule has 3 rings (SSSR count). The highest BCUT2D eigenvalue weighted by atomic mass is 32.2. The number of likely N-dealkylation sites (N-methyl/N-ethyl adjacent to an activating group) is 1. The molecule has 0 fully saturated rings. The Morgan fingerprint density at radius 2 is 1.48 bits per heavy atom. The number of rotatable bonds is 7. The lowest BCUT2D eigenvalue weighted by atomic mass is 10.1. The maximum Gasteiger partial charge on any atom is 0.339 e. The smallest absolute Gasteiger partial charge is 0.339 e. The third kappa shape index (κ3) is 4.99. The van der Waals surface area contributed by atoms with Gasteiger partial charge in [-0.25, -0.2) is 0 Å². The van der Waals surface area contributed by atoms with Crippen LogP contribution < -0.4 is 8.92 Å². The van der Waals surface area contributed by atoms with Crippen molar-refractivity contribution in [3.63, 3.8) is 0 Å². The molecular weight excluding hydrogens is 362 g/mol. The van der Waals surface area contributed by atoms with Gasteiger partial charge in [0.15, 0.2) is 0 Å². The van der Waals surface area contributed by atoms with E-state index in [4.69, 9.17) is 8.92 Å². The summed E-state index contributed by atoms with van der Waals surface area (Å²) in [6.45, 7) is 3.30. The molecule has 6 heteroatoms. The molecule has 0 saturated heterocycles. The maximum absolute atomic E-state index is 12.5. The minimum Gasteiger partial charge on any atom is -0.492 e. The minimum atomic E-state index is -3.87. The number of ether oxygens (including phenoxy) is 1. The predicted molar refractivity (Wildman–Crippen MR) is 107 cm³/mol. The first-order chi connectivity index (χ1) is 12.8. The fourth-order valence-corrected chi connectivity index (χ4v) is 3.49. The third-order valence-electron chi connectivity index (χ3n) is 4.11. The Bertz CT molecular complexity index is 1030. The predicted octanol–water partition coefficient (Wildman–Crippen LogP) is 3.86. The molecule has 0 heterocycles. The van der Waals surface area contributed by atoms with Crippen LogP contribution in [0, 0.1) is 6.92 Å². The van der Waals surface area contributed by atoms with Gasteiger partial charge in [0, 0.05) is 6.54 Å². The highest BCUT2D eigenvalue weighted by Gasteiger charge is 2.16. The molecule has 5 nitrogen and oxygen atoms in total. The standard InChI is InChI=1S/C21H23NO4S/c1-16-4-10-21(11-5-16)27(23,24)26-20-9-7-17-6-8-19(14-18(17)15-20)25-13-12-22(2)3/h4-11,14-15H,12-13H2,1-3H3. The van der Waals surface area contributed by atoms with Crippen LogP contribution in [0.4, 0.5) is 0 Å². The number of aryl methyl sites for hydroxylation is 1. The summed E-state index contributed by atoms with van der Waals surface area (Å²) in [5, 5.41) is 1.84. The monoisotopic (exact) mass is 385 g/mol. The molecule has 0 aromatic heterocycles. The van der Waals surface area contributed by atoms with E-state index in [0.29, 0.717) is 6.61 Å². The van der Waals surface area contributed by atoms with Crippen LogP contribution in [0.5, 0.6) is 11.5 Å². The average Bonchev–Trinajstić information content (AvgIpc) is 2.61. The largest absolute Gasteiger partial charge is 0.492 e. The Morgan fingerprint density at radius 3 is 2.15 bits per heavy atom. The minimum absolute atomic E-state index is 0.133. The fraction of sp³-hybridized carbons (Fsp3) is 0.238. The summed E-state index contributed by atoms with van der Waals surface area (Å²) in [6.07, 6.45) is 0. The molecule has 0 unspecified atom stereocenters. The van der Waals surface area contributed by atoms with Gasteiger partial charge in [0.25, 0.3) is 0 Å². The molecule has 3 aromatic carbocycles. The Kier molecular flexibility index (Phi) is 5.68. The number of hydrogen-bond acceptors (Lipinski definition) is 5. The zero-order valence-corrected chi connectivity index (χ0v) is 16.5. The quantitative estimate of drug-likeness (QED) is 0.578. The molecule has 0 aliphatic rings. The summed E-state index contributed by atoms with van der Waals surface area (Å²) < 4.78 is 36.0. The maximum atomic E-state index is 12.5. The lowest BCUT2D eigenvalue weighted by Crippen LogP contribution is -2.19. The molecule has 142 valence electrons. The molecule has 0 N–H and O–H groups in total. The molecule has 0 amide bonds. The van der Waals surface area contributed by atoms with E-state index in [9.17, 15) is 8.42 Å². The Labute approximate surface area is 160 Å². The van der Waals surface area contributed by atoms with Crippen LogP contribution >= 0.6 is 0 Å². The van der Waals surface area contributed by atoms with Crippen LogP contribution in [0.3, 0.4) is 0 Å². The SMILES string of the molecule is Cc1ccc(S(=O)(=O)Oc2ccc3ccc(OCCN(C)C)cc3c2)cc1. The highest BCUT2D eigenvalue weighted by molar-refractivity contribution is 7.87. The van der Waals surface area contributed by atoms with Gasteiger partial charge in [0.1, 0.15) is 23.0 Å². The number of hydrogen-bond donors (Lipinski definition) is 0. The summed E-state index contributed by atoms with van der Waals surface area (Å²) in [4.78, 5) is 2.18. The molecule has 0 saturated carbocycles. The van der Waals surface area contributed by atoms with Gasteiger partial charge in [-0.3, -0.25) is 0 Å². The van der Waals surface area contributed by atoms with Crippen LogP contribution in [0.2, 0.25) is 0 Å². The topological polar surface area (TPSA) is 55.8 Å². The summed E-state index contributed by atoms with van der Waals surface area (Å²) in [5.41, 5.74) is 0.987.